The van der Waals surface area contributed by atoms with Crippen molar-refractivity contribution in [3.63, 3.8) is 0 Å². The standard InChI is InChI=1S/C23H18BrNO/c24-15-23(26)25(19-10-2-1-3-11-19)16-22-20-12-6-4-8-17(20)14-18-9-5-7-13-21(18)22/h1-14H,15-16H2. The van der Waals surface area contributed by atoms with Crippen LogP contribution in [-0.4, -0.2) is 11.2 Å². The Hall–Kier alpha value is -2.65. The van der Waals surface area contributed by atoms with Crippen LogP contribution in [0.4, 0.5) is 5.69 Å². The SMILES string of the molecule is O=C(CBr)N(Cc1c2ccccc2cc2ccccc12)c1ccccc1. The lowest BCUT2D eigenvalue weighted by molar-refractivity contribution is -0.116. The van der Waals surface area contributed by atoms with Gasteiger partial charge in [0.05, 0.1) is 11.9 Å². The molecular weight excluding hydrogens is 386 g/mol. The Kier molecular flexibility index (Phi) is 4.72. The molecule has 0 bridgehead atoms. The van der Waals surface area contributed by atoms with Gasteiger partial charge in [0.15, 0.2) is 0 Å². The first-order valence-corrected chi connectivity index (χ1v) is 9.71. The summed E-state index contributed by atoms with van der Waals surface area (Å²) < 4.78 is 0. The van der Waals surface area contributed by atoms with Crippen LogP contribution in [0, 0.1) is 0 Å². The smallest absolute Gasteiger partial charge is 0.237 e. The quantitative estimate of drug-likeness (QED) is 0.305. The summed E-state index contributed by atoms with van der Waals surface area (Å²) in [5, 5.41) is 5.06. The molecule has 0 heterocycles. The van der Waals surface area contributed by atoms with Crippen LogP contribution in [0.2, 0.25) is 0 Å². The summed E-state index contributed by atoms with van der Waals surface area (Å²) >= 11 is 3.33. The van der Waals surface area contributed by atoms with Gasteiger partial charge in [-0.05, 0) is 45.3 Å². The van der Waals surface area contributed by atoms with Crippen molar-refractivity contribution in [2.24, 2.45) is 0 Å². The molecule has 0 saturated heterocycles. The van der Waals surface area contributed by atoms with E-state index in [0.29, 0.717) is 11.9 Å². The summed E-state index contributed by atoms with van der Waals surface area (Å²) in [5.41, 5.74) is 2.09. The summed E-state index contributed by atoms with van der Waals surface area (Å²) in [5.74, 6) is 0.0493. The number of carbonyl (C=O) groups excluding carboxylic acids is 1. The minimum atomic E-state index is 0.0493. The number of halogens is 1. The molecule has 0 N–H and O–H groups in total. The molecule has 4 rings (SSSR count). The van der Waals surface area contributed by atoms with Crippen LogP contribution < -0.4 is 4.90 Å². The molecule has 0 saturated carbocycles. The molecule has 0 unspecified atom stereocenters. The van der Waals surface area contributed by atoms with Crippen LogP contribution in [0.3, 0.4) is 0 Å². The number of fused-ring (bicyclic) bond motifs is 2. The summed E-state index contributed by atoms with van der Waals surface area (Å²) in [7, 11) is 0. The first-order valence-electron chi connectivity index (χ1n) is 8.58. The molecule has 128 valence electrons. The molecule has 0 spiro atoms. The Labute approximate surface area is 161 Å². The molecule has 0 aliphatic heterocycles. The molecule has 2 nitrogen and oxygen atoms in total. The van der Waals surface area contributed by atoms with E-state index < -0.39 is 0 Å². The lowest BCUT2D eigenvalue weighted by Gasteiger charge is -2.24. The lowest BCUT2D eigenvalue weighted by atomic mass is 9.96. The van der Waals surface area contributed by atoms with Gasteiger partial charge >= 0.3 is 0 Å². The maximum atomic E-state index is 12.7. The molecule has 26 heavy (non-hydrogen) atoms. The van der Waals surface area contributed by atoms with Gasteiger partial charge in [0.2, 0.25) is 5.91 Å². The van der Waals surface area contributed by atoms with Gasteiger partial charge in [0, 0.05) is 5.69 Å². The number of hydrogen-bond donors (Lipinski definition) is 0. The van der Waals surface area contributed by atoms with Gasteiger partial charge in [-0.2, -0.15) is 0 Å². The van der Waals surface area contributed by atoms with E-state index >= 15 is 0 Å². The number of carbonyl (C=O) groups is 1. The van der Waals surface area contributed by atoms with Crippen molar-refractivity contribution in [1.29, 1.82) is 0 Å². The van der Waals surface area contributed by atoms with Gasteiger partial charge in [-0.25, -0.2) is 0 Å². The topological polar surface area (TPSA) is 20.3 Å². The van der Waals surface area contributed by atoms with Crippen molar-refractivity contribution >= 4 is 49.1 Å². The number of alkyl halides is 1. The van der Waals surface area contributed by atoms with E-state index in [0.717, 1.165) is 5.69 Å². The van der Waals surface area contributed by atoms with Crippen molar-refractivity contribution < 1.29 is 4.79 Å². The maximum Gasteiger partial charge on any atom is 0.237 e. The highest BCUT2D eigenvalue weighted by Crippen LogP contribution is 2.31. The number of nitrogens with zero attached hydrogens (tertiary/aromatic N) is 1. The van der Waals surface area contributed by atoms with E-state index in [4.69, 9.17) is 0 Å². The normalized spacial score (nSPS) is 11.0. The maximum absolute atomic E-state index is 12.7. The van der Waals surface area contributed by atoms with E-state index in [1.54, 1.807) is 0 Å². The second-order valence-electron chi connectivity index (χ2n) is 6.25. The van der Waals surface area contributed by atoms with E-state index in [2.05, 4.69) is 70.5 Å². The minimum Gasteiger partial charge on any atom is -0.307 e. The molecule has 0 aromatic heterocycles. The summed E-state index contributed by atoms with van der Waals surface area (Å²) in [6.07, 6.45) is 0. The van der Waals surface area contributed by atoms with Crippen molar-refractivity contribution in [2.75, 3.05) is 10.2 Å². The highest BCUT2D eigenvalue weighted by atomic mass is 79.9. The Morgan fingerprint density at radius 1 is 0.769 bits per heavy atom. The number of hydrogen-bond acceptors (Lipinski definition) is 1. The van der Waals surface area contributed by atoms with Crippen LogP contribution in [0.15, 0.2) is 84.9 Å². The average Bonchev–Trinajstić information content (AvgIpc) is 2.71. The Morgan fingerprint density at radius 2 is 1.31 bits per heavy atom. The van der Waals surface area contributed by atoms with Gasteiger partial charge in [-0.1, -0.05) is 82.7 Å². The fourth-order valence-electron chi connectivity index (χ4n) is 3.44. The minimum absolute atomic E-state index is 0.0493. The van der Waals surface area contributed by atoms with E-state index in [1.165, 1.54) is 27.1 Å². The molecular formula is C23H18BrNO. The predicted molar refractivity (Wildman–Crippen MR) is 113 cm³/mol. The third-order valence-corrected chi connectivity index (χ3v) is 5.16. The highest BCUT2D eigenvalue weighted by molar-refractivity contribution is 9.09. The summed E-state index contributed by atoms with van der Waals surface area (Å²) in [6.45, 7) is 0.538. The van der Waals surface area contributed by atoms with Crippen molar-refractivity contribution in [1.82, 2.24) is 0 Å². The van der Waals surface area contributed by atoms with Crippen LogP contribution in [-0.2, 0) is 11.3 Å². The van der Waals surface area contributed by atoms with Gasteiger partial charge < -0.3 is 4.90 Å². The molecule has 1 amide bonds. The number of benzene rings is 4. The number of para-hydroxylation sites is 1. The first kappa shape index (κ1) is 16.8. The van der Waals surface area contributed by atoms with Crippen molar-refractivity contribution in [2.45, 2.75) is 6.54 Å². The molecule has 0 aliphatic carbocycles. The fourth-order valence-corrected chi connectivity index (χ4v) is 3.74. The fraction of sp³-hybridized carbons (Fsp3) is 0.0870. The number of anilines is 1. The van der Waals surface area contributed by atoms with Crippen molar-refractivity contribution in [3.8, 4) is 0 Å². The zero-order chi connectivity index (χ0) is 17.9. The molecule has 0 fully saturated rings. The second-order valence-corrected chi connectivity index (χ2v) is 6.81. The van der Waals surface area contributed by atoms with Crippen LogP contribution >= 0.6 is 15.9 Å². The van der Waals surface area contributed by atoms with E-state index in [-0.39, 0.29) is 5.91 Å². The highest BCUT2D eigenvalue weighted by Gasteiger charge is 2.18. The van der Waals surface area contributed by atoms with Crippen LogP contribution in [0.1, 0.15) is 5.56 Å². The van der Waals surface area contributed by atoms with Gasteiger partial charge in [-0.3, -0.25) is 4.79 Å². The molecule has 0 radical (unpaired) electrons. The molecule has 4 aromatic rings. The van der Waals surface area contributed by atoms with Gasteiger partial charge in [0.25, 0.3) is 0 Å². The Morgan fingerprint density at radius 3 is 1.88 bits per heavy atom. The predicted octanol–water partition coefficient (Wildman–Crippen LogP) is 5.92. The first-order chi connectivity index (χ1) is 12.8. The molecule has 0 atom stereocenters. The molecule has 3 heteroatoms. The zero-order valence-electron chi connectivity index (χ0n) is 14.2. The summed E-state index contributed by atoms with van der Waals surface area (Å²) in [4.78, 5) is 14.5. The van der Waals surface area contributed by atoms with Gasteiger partial charge in [-0.15, -0.1) is 0 Å². The van der Waals surface area contributed by atoms with Crippen molar-refractivity contribution in [3.05, 3.63) is 90.5 Å². The monoisotopic (exact) mass is 403 g/mol. The lowest BCUT2D eigenvalue weighted by Crippen LogP contribution is -2.31. The van der Waals surface area contributed by atoms with E-state index in [9.17, 15) is 4.79 Å². The average molecular weight is 404 g/mol. The van der Waals surface area contributed by atoms with Crippen LogP contribution in [0.25, 0.3) is 21.5 Å². The summed E-state index contributed by atoms with van der Waals surface area (Å²) in [6, 6.07) is 28.8. The zero-order valence-corrected chi connectivity index (χ0v) is 15.8. The molecule has 4 aromatic carbocycles. The third-order valence-electron chi connectivity index (χ3n) is 4.68. The molecule has 0 aliphatic rings. The number of amides is 1. The largest absolute Gasteiger partial charge is 0.307 e. The number of rotatable bonds is 4. The van der Waals surface area contributed by atoms with Gasteiger partial charge in [0.1, 0.15) is 0 Å². The Bertz CT molecular complexity index is 1020. The van der Waals surface area contributed by atoms with Crippen LogP contribution in [0.5, 0.6) is 0 Å². The Balaban J connectivity index is 1.92. The van der Waals surface area contributed by atoms with E-state index in [1.807, 2.05) is 35.2 Å². The second kappa shape index (κ2) is 7.30. The third kappa shape index (κ3) is 3.11.